The van der Waals surface area contributed by atoms with Crippen LogP contribution in [0.5, 0.6) is 0 Å². The Kier molecular flexibility index (Phi) is 4.84. The molecule has 3 aromatic rings. The van der Waals surface area contributed by atoms with E-state index in [0.29, 0.717) is 30.6 Å². The summed E-state index contributed by atoms with van der Waals surface area (Å²) in [6, 6.07) is 7.79. The standard InChI is InChI=1S/C21H19FN4O3/c1-13-6-8-23-10-16(13)20(27)25-9-7-18-17(12-25)19(21(28)29)24-26(18)11-14-2-4-15(22)5-3-14/h2-6,8,10H,7,9,11-12H2,1H3,(H,28,29). The van der Waals surface area contributed by atoms with Crippen molar-refractivity contribution >= 4 is 11.9 Å². The number of aromatic carboxylic acids is 1. The second kappa shape index (κ2) is 7.46. The molecule has 1 aliphatic rings. The highest BCUT2D eigenvalue weighted by atomic mass is 19.1. The Morgan fingerprint density at radius 3 is 2.66 bits per heavy atom. The summed E-state index contributed by atoms with van der Waals surface area (Å²) in [5.74, 6) is -1.64. The summed E-state index contributed by atoms with van der Waals surface area (Å²) in [6.07, 6.45) is 3.65. The number of hydrogen-bond acceptors (Lipinski definition) is 4. The van der Waals surface area contributed by atoms with E-state index in [1.165, 1.54) is 18.3 Å². The van der Waals surface area contributed by atoms with Gasteiger partial charge in [-0.2, -0.15) is 5.10 Å². The predicted molar refractivity (Wildman–Crippen MR) is 102 cm³/mol. The minimum atomic E-state index is -1.13. The van der Waals surface area contributed by atoms with Crippen LogP contribution in [0.2, 0.25) is 0 Å². The van der Waals surface area contributed by atoms with E-state index in [0.717, 1.165) is 16.8 Å². The van der Waals surface area contributed by atoms with Crippen molar-refractivity contribution in [1.82, 2.24) is 19.7 Å². The number of amides is 1. The van der Waals surface area contributed by atoms with E-state index in [-0.39, 0.29) is 24.0 Å². The van der Waals surface area contributed by atoms with Crippen molar-refractivity contribution < 1.29 is 19.1 Å². The average molecular weight is 394 g/mol. The van der Waals surface area contributed by atoms with Crippen LogP contribution >= 0.6 is 0 Å². The van der Waals surface area contributed by atoms with Gasteiger partial charge >= 0.3 is 5.97 Å². The first-order valence-electron chi connectivity index (χ1n) is 9.20. The Labute approximate surface area is 166 Å². The van der Waals surface area contributed by atoms with Gasteiger partial charge in [0.25, 0.3) is 5.91 Å². The number of carbonyl (C=O) groups excluding carboxylic acids is 1. The maximum Gasteiger partial charge on any atom is 0.356 e. The fourth-order valence-corrected chi connectivity index (χ4v) is 3.59. The summed E-state index contributed by atoms with van der Waals surface area (Å²) < 4.78 is 14.8. The highest BCUT2D eigenvalue weighted by Crippen LogP contribution is 2.25. The van der Waals surface area contributed by atoms with Crippen molar-refractivity contribution in [3.63, 3.8) is 0 Å². The zero-order chi connectivity index (χ0) is 20.5. The first kappa shape index (κ1) is 18.8. The minimum Gasteiger partial charge on any atom is -0.476 e. The van der Waals surface area contributed by atoms with Crippen LogP contribution in [0.3, 0.4) is 0 Å². The third-order valence-corrected chi connectivity index (χ3v) is 5.14. The number of pyridine rings is 1. The van der Waals surface area contributed by atoms with Gasteiger partial charge in [0.15, 0.2) is 5.69 Å². The topological polar surface area (TPSA) is 88.3 Å². The predicted octanol–water partition coefficient (Wildman–Crippen LogP) is 2.67. The van der Waals surface area contributed by atoms with Gasteiger partial charge in [-0.1, -0.05) is 12.1 Å². The van der Waals surface area contributed by atoms with Gasteiger partial charge in [-0.15, -0.1) is 0 Å². The molecule has 0 saturated heterocycles. The lowest BCUT2D eigenvalue weighted by atomic mass is 10.0. The van der Waals surface area contributed by atoms with Crippen LogP contribution in [-0.4, -0.2) is 43.2 Å². The van der Waals surface area contributed by atoms with Gasteiger partial charge < -0.3 is 10.0 Å². The molecule has 0 saturated carbocycles. The lowest BCUT2D eigenvalue weighted by Crippen LogP contribution is -2.37. The van der Waals surface area contributed by atoms with Gasteiger partial charge in [0, 0.05) is 36.6 Å². The Morgan fingerprint density at radius 2 is 1.97 bits per heavy atom. The number of halogens is 1. The maximum absolute atomic E-state index is 13.2. The van der Waals surface area contributed by atoms with Crippen molar-refractivity contribution in [2.75, 3.05) is 6.54 Å². The van der Waals surface area contributed by atoms with Crippen LogP contribution in [0.15, 0.2) is 42.7 Å². The smallest absolute Gasteiger partial charge is 0.356 e. The first-order chi connectivity index (χ1) is 13.9. The molecule has 0 fully saturated rings. The number of carboxylic acids is 1. The van der Waals surface area contributed by atoms with E-state index in [4.69, 9.17) is 0 Å². The van der Waals surface area contributed by atoms with Crippen molar-refractivity contribution in [2.24, 2.45) is 0 Å². The fourth-order valence-electron chi connectivity index (χ4n) is 3.59. The van der Waals surface area contributed by atoms with E-state index in [2.05, 4.69) is 10.1 Å². The van der Waals surface area contributed by atoms with E-state index in [1.54, 1.807) is 34.0 Å². The van der Waals surface area contributed by atoms with Crippen molar-refractivity contribution in [1.29, 1.82) is 0 Å². The largest absolute Gasteiger partial charge is 0.476 e. The number of carbonyl (C=O) groups is 2. The van der Waals surface area contributed by atoms with Crippen LogP contribution < -0.4 is 0 Å². The molecule has 148 valence electrons. The zero-order valence-electron chi connectivity index (χ0n) is 15.8. The highest BCUT2D eigenvalue weighted by molar-refractivity contribution is 5.95. The number of rotatable bonds is 4. The van der Waals surface area contributed by atoms with Gasteiger partial charge in [0.1, 0.15) is 5.82 Å². The summed E-state index contributed by atoms with van der Waals surface area (Å²) in [5.41, 5.74) is 3.42. The maximum atomic E-state index is 13.2. The molecule has 1 aromatic carbocycles. The molecule has 0 atom stereocenters. The summed E-state index contributed by atoms with van der Waals surface area (Å²) in [5, 5.41) is 13.9. The Balaban J connectivity index is 1.64. The molecule has 1 amide bonds. The number of nitrogens with zero attached hydrogens (tertiary/aromatic N) is 4. The molecule has 4 rings (SSSR count). The SMILES string of the molecule is Cc1ccncc1C(=O)N1CCc2c(c(C(=O)O)nn2Cc2ccc(F)cc2)C1. The van der Waals surface area contributed by atoms with Gasteiger partial charge in [0.2, 0.25) is 0 Å². The van der Waals surface area contributed by atoms with Gasteiger partial charge in [0.05, 0.1) is 18.7 Å². The van der Waals surface area contributed by atoms with E-state index in [9.17, 15) is 19.1 Å². The number of aryl methyl sites for hydroxylation is 1. The molecule has 1 N–H and O–H groups in total. The second-order valence-corrected chi connectivity index (χ2v) is 7.03. The monoisotopic (exact) mass is 394 g/mol. The second-order valence-electron chi connectivity index (χ2n) is 7.03. The molecule has 29 heavy (non-hydrogen) atoms. The van der Waals surface area contributed by atoms with Crippen molar-refractivity contribution in [2.45, 2.75) is 26.4 Å². The van der Waals surface area contributed by atoms with Gasteiger partial charge in [-0.3, -0.25) is 14.5 Å². The van der Waals surface area contributed by atoms with Gasteiger partial charge in [-0.05, 0) is 36.2 Å². The third-order valence-electron chi connectivity index (χ3n) is 5.14. The minimum absolute atomic E-state index is 0.0532. The first-order valence-corrected chi connectivity index (χ1v) is 9.20. The number of carboxylic acid groups (broad SMARTS) is 1. The molecule has 0 aliphatic carbocycles. The quantitative estimate of drug-likeness (QED) is 0.735. The van der Waals surface area contributed by atoms with Crippen LogP contribution in [-0.2, 0) is 19.5 Å². The van der Waals surface area contributed by atoms with Crippen molar-refractivity contribution in [3.05, 3.63) is 82.2 Å². The average Bonchev–Trinajstić information content (AvgIpc) is 3.07. The summed E-state index contributed by atoms with van der Waals surface area (Å²) in [7, 11) is 0. The van der Waals surface area contributed by atoms with Crippen LogP contribution in [0.4, 0.5) is 4.39 Å². The van der Waals surface area contributed by atoms with Gasteiger partial charge in [-0.25, -0.2) is 9.18 Å². The lowest BCUT2D eigenvalue weighted by molar-refractivity contribution is 0.0673. The normalized spacial score (nSPS) is 13.2. The molecule has 2 aromatic heterocycles. The van der Waals surface area contributed by atoms with E-state index >= 15 is 0 Å². The Morgan fingerprint density at radius 1 is 1.21 bits per heavy atom. The van der Waals surface area contributed by atoms with Crippen LogP contribution in [0, 0.1) is 12.7 Å². The molecule has 3 heterocycles. The molecular weight excluding hydrogens is 375 g/mol. The number of hydrogen-bond donors (Lipinski definition) is 1. The van der Waals surface area contributed by atoms with Crippen LogP contribution in [0.1, 0.15) is 43.2 Å². The van der Waals surface area contributed by atoms with Crippen molar-refractivity contribution in [3.8, 4) is 0 Å². The fraction of sp³-hybridized carbons (Fsp3) is 0.238. The summed E-state index contributed by atoms with van der Waals surface area (Å²) in [4.78, 5) is 30.3. The molecule has 8 heteroatoms. The van der Waals surface area contributed by atoms with E-state index in [1.807, 2.05) is 6.92 Å². The molecule has 0 radical (unpaired) electrons. The molecular formula is C21H19FN4O3. The molecule has 0 bridgehead atoms. The molecule has 1 aliphatic heterocycles. The zero-order valence-corrected chi connectivity index (χ0v) is 15.8. The molecule has 7 nitrogen and oxygen atoms in total. The van der Waals surface area contributed by atoms with Crippen LogP contribution in [0.25, 0.3) is 0 Å². The highest BCUT2D eigenvalue weighted by Gasteiger charge is 2.30. The summed E-state index contributed by atoms with van der Waals surface area (Å²) >= 11 is 0. The number of aromatic nitrogens is 3. The molecule has 0 spiro atoms. The summed E-state index contributed by atoms with van der Waals surface area (Å²) in [6.45, 7) is 2.81. The number of benzene rings is 1. The number of fused-ring (bicyclic) bond motifs is 1. The lowest BCUT2D eigenvalue weighted by Gasteiger charge is -2.28. The Bertz CT molecular complexity index is 1090. The van der Waals surface area contributed by atoms with E-state index < -0.39 is 5.97 Å². The third kappa shape index (κ3) is 3.61. The molecule has 0 unspecified atom stereocenters. The Hall–Kier alpha value is -3.55.